The average Bonchev–Trinajstić information content (AvgIpc) is 2.55. The molecule has 1 aliphatic rings. The molecular weight excluding hydrogens is 140 g/mol. The van der Waals surface area contributed by atoms with Gasteiger partial charge >= 0.3 is 0 Å². The summed E-state index contributed by atoms with van der Waals surface area (Å²) in [6.07, 6.45) is 5.07. The molecule has 1 aliphatic carbocycles. The summed E-state index contributed by atoms with van der Waals surface area (Å²) >= 11 is 0. The maximum Gasteiger partial charge on any atom is 0.219 e. The Balaban J connectivity index is 2.15. The lowest BCUT2D eigenvalue weighted by molar-refractivity contribution is 0.429. The maximum atomic E-state index is 5.35. The summed E-state index contributed by atoms with van der Waals surface area (Å²) in [5.74, 6) is 2.09. The highest BCUT2D eigenvalue weighted by atomic mass is 16.4. The van der Waals surface area contributed by atoms with Crippen molar-refractivity contribution >= 4 is 0 Å². The van der Waals surface area contributed by atoms with Crippen molar-refractivity contribution in [2.45, 2.75) is 38.5 Å². The molecule has 0 N–H and O–H groups in total. The smallest absolute Gasteiger partial charge is 0.219 e. The van der Waals surface area contributed by atoms with Gasteiger partial charge in [-0.05, 0) is 12.8 Å². The van der Waals surface area contributed by atoms with Crippen molar-refractivity contribution in [2.75, 3.05) is 0 Å². The van der Waals surface area contributed by atoms with E-state index in [1.54, 1.807) is 0 Å². The molecule has 1 fully saturated rings. The molecule has 11 heavy (non-hydrogen) atoms. The molecule has 1 aromatic heterocycles. The van der Waals surface area contributed by atoms with Crippen LogP contribution in [0.15, 0.2) is 4.42 Å². The van der Waals surface area contributed by atoms with Crippen molar-refractivity contribution in [2.24, 2.45) is 0 Å². The normalized spacial score (nSPS) is 19.4. The summed E-state index contributed by atoms with van der Waals surface area (Å²) in [6.45, 7) is 1.84. The average molecular weight is 152 g/mol. The van der Waals surface area contributed by atoms with Crippen molar-refractivity contribution in [1.29, 1.82) is 0 Å². The van der Waals surface area contributed by atoms with Gasteiger partial charge in [-0.2, -0.15) is 0 Å². The molecule has 0 radical (unpaired) electrons. The Hall–Kier alpha value is -0.860. The lowest BCUT2D eigenvalue weighted by atomic mass is 10.1. The van der Waals surface area contributed by atoms with E-state index in [-0.39, 0.29) is 0 Å². The van der Waals surface area contributed by atoms with E-state index in [0.29, 0.717) is 11.8 Å². The van der Waals surface area contributed by atoms with Crippen LogP contribution < -0.4 is 0 Å². The minimum Gasteiger partial charge on any atom is -0.425 e. The van der Waals surface area contributed by atoms with Gasteiger partial charge in [-0.3, -0.25) is 0 Å². The Bertz CT molecular complexity index is 238. The van der Waals surface area contributed by atoms with Crippen LogP contribution in [0.3, 0.4) is 0 Å². The zero-order valence-corrected chi connectivity index (χ0v) is 6.71. The lowest BCUT2D eigenvalue weighted by Crippen LogP contribution is -1.91. The summed E-state index contributed by atoms with van der Waals surface area (Å²) in [4.78, 5) is 0. The first kappa shape index (κ1) is 6.83. The van der Waals surface area contributed by atoms with Gasteiger partial charge in [0.1, 0.15) is 0 Å². The standard InChI is InChI=1S/C8H12N2O/c1-6-9-10-8(11-6)7-4-2-3-5-7/h7H,2-5H2,1H3. The monoisotopic (exact) mass is 152 g/mol. The van der Waals surface area contributed by atoms with Crippen LogP contribution in [0.5, 0.6) is 0 Å². The van der Waals surface area contributed by atoms with Crippen molar-refractivity contribution < 1.29 is 4.42 Å². The lowest BCUT2D eigenvalue weighted by Gasteiger charge is -1.99. The van der Waals surface area contributed by atoms with E-state index in [0.717, 1.165) is 5.89 Å². The number of aryl methyl sites for hydroxylation is 1. The van der Waals surface area contributed by atoms with Gasteiger partial charge in [0.05, 0.1) is 0 Å². The largest absolute Gasteiger partial charge is 0.425 e. The molecule has 60 valence electrons. The molecular formula is C8H12N2O. The first-order chi connectivity index (χ1) is 5.36. The molecule has 0 saturated heterocycles. The van der Waals surface area contributed by atoms with Gasteiger partial charge in [0.15, 0.2) is 0 Å². The van der Waals surface area contributed by atoms with Crippen LogP contribution >= 0.6 is 0 Å². The third-order valence-electron chi connectivity index (χ3n) is 2.25. The highest BCUT2D eigenvalue weighted by molar-refractivity contribution is 4.93. The molecule has 0 atom stereocenters. The third kappa shape index (κ3) is 1.27. The Morgan fingerprint density at radius 2 is 2.00 bits per heavy atom. The summed E-state index contributed by atoms with van der Waals surface area (Å²) in [7, 11) is 0. The van der Waals surface area contributed by atoms with Crippen molar-refractivity contribution in [3.63, 3.8) is 0 Å². The molecule has 1 heterocycles. The molecule has 0 amide bonds. The highest BCUT2D eigenvalue weighted by Gasteiger charge is 2.21. The van der Waals surface area contributed by atoms with E-state index in [1.165, 1.54) is 25.7 Å². The van der Waals surface area contributed by atoms with Crippen LogP contribution in [0.25, 0.3) is 0 Å². The number of nitrogens with zero attached hydrogens (tertiary/aromatic N) is 2. The van der Waals surface area contributed by atoms with Gasteiger partial charge in [-0.15, -0.1) is 10.2 Å². The van der Waals surface area contributed by atoms with Crippen LogP contribution in [0.1, 0.15) is 43.4 Å². The Kier molecular flexibility index (Phi) is 1.64. The maximum absolute atomic E-state index is 5.35. The van der Waals surface area contributed by atoms with Crippen LogP contribution in [-0.4, -0.2) is 10.2 Å². The third-order valence-corrected chi connectivity index (χ3v) is 2.25. The van der Waals surface area contributed by atoms with Crippen molar-refractivity contribution in [3.05, 3.63) is 11.8 Å². The number of hydrogen-bond acceptors (Lipinski definition) is 3. The molecule has 0 unspecified atom stereocenters. The predicted octanol–water partition coefficient (Wildman–Crippen LogP) is 2.04. The van der Waals surface area contributed by atoms with E-state index < -0.39 is 0 Å². The van der Waals surface area contributed by atoms with Gasteiger partial charge in [0.2, 0.25) is 11.8 Å². The summed E-state index contributed by atoms with van der Waals surface area (Å²) in [6, 6.07) is 0. The quantitative estimate of drug-likeness (QED) is 0.618. The number of rotatable bonds is 1. The molecule has 1 aromatic rings. The fraction of sp³-hybridized carbons (Fsp3) is 0.750. The Morgan fingerprint density at radius 3 is 2.55 bits per heavy atom. The van der Waals surface area contributed by atoms with Crippen LogP contribution in [0.2, 0.25) is 0 Å². The minimum absolute atomic E-state index is 0.552. The molecule has 0 spiro atoms. The first-order valence-corrected chi connectivity index (χ1v) is 4.16. The minimum atomic E-state index is 0.552. The first-order valence-electron chi connectivity index (χ1n) is 4.16. The zero-order valence-electron chi connectivity index (χ0n) is 6.71. The molecule has 1 saturated carbocycles. The summed E-state index contributed by atoms with van der Waals surface area (Å²) in [5.41, 5.74) is 0. The number of hydrogen-bond donors (Lipinski definition) is 0. The van der Waals surface area contributed by atoms with E-state index in [2.05, 4.69) is 10.2 Å². The second-order valence-electron chi connectivity index (χ2n) is 3.14. The van der Waals surface area contributed by atoms with E-state index >= 15 is 0 Å². The van der Waals surface area contributed by atoms with Gasteiger partial charge in [-0.25, -0.2) is 0 Å². The van der Waals surface area contributed by atoms with Crippen molar-refractivity contribution in [1.82, 2.24) is 10.2 Å². The highest BCUT2D eigenvalue weighted by Crippen LogP contribution is 2.32. The molecule has 0 aromatic carbocycles. The molecule has 0 bridgehead atoms. The van der Waals surface area contributed by atoms with Gasteiger partial charge < -0.3 is 4.42 Å². The predicted molar refractivity (Wildman–Crippen MR) is 40.2 cm³/mol. The van der Waals surface area contributed by atoms with Gasteiger partial charge in [0, 0.05) is 12.8 Å². The molecule has 3 nitrogen and oxygen atoms in total. The Morgan fingerprint density at radius 1 is 1.27 bits per heavy atom. The SMILES string of the molecule is Cc1nnc(C2CCCC2)o1. The van der Waals surface area contributed by atoms with E-state index in [9.17, 15) is 0 Å². The fourth-order valence-corrected chi connectivity index (χ4v) is 1.65. The fourth-order valence-electron chi connectivity index (χ4n) is 1.65. The topological polar surface area (TPSA) is 38.9 Å². The second-order valence-corrected chi connectivity index (χ2v) is 3.14. The molecule has 2 rings (SSSR count). The van der Waals surface area contributed by atoms with Crippen LogP contribution in [0, 0.1) is 6.92 Å². The van der Waals surface area contributed by atoms with Crippen LogP contribution in [-0.2, 0) is 0 Å². The summed E-state index contributed by atoms with van der Waals surface area (Å²) in [5, 5.41) is 7.83. The molecule has 0 aliphatic heterocycles. The molecule has 3 heteroatoms. The van der Waals surface area contributed by atoms with Gasteiger partial charge in [-0.1, -0.05) is 12.8 Å². The summed E-state index contributed by atoms with van der Waals surface area (Å²) < 4.78 is 5.35. The second kappa shape index (κ2) is 2.64. The van der Waals surface area contributed by atoms with Gasteiger partial charge in [0.25, 0.3) is 0 Å². The van der Waals surface area contributed by atoms with E-state index in [1.807, 2.05) is 6.92 Å². The van der Waals surface area contributed by atoms with Crippen molar-refractivity contribution in [3.8, 4) is 0 Å². The van der Waals surface area contributed by atoms with Crippen LogP contribution in [0.4, 0.5) is 0 Å². The van der Waals surface area contributed by atoms with E-state index in [4.69, 9.17) is 4.42 Å². The zero-order chi connectivity index (χ0) is 7.68. The Labute approximate surface area is 65.8 Å². The number of aromatic nitrogens is 2.